The number of rotatable bonds is 4. The third-order valence-corrected chi connectivity index (χ3v) is 4.59. The fraction of sp³-hybridized carbons (Fsp3) is 0.357. The zero-order valence-corrected chi connectivity index (χ0v) is 13.6. The van der Waals surface area contributed by atoms with Crippen molar-refractivity contribution in [2.45, 2.75) is 33.7 Å². The lowest BCUT2D eigenvalue weighted by atomic mass is 10.3. The summed E-state index contributed by atoms with van der Waals surface area (Å²) in [6.45, 7) is 6.41. The molecule has 3 aromatic heterocycles. The second-order valence-corrected chi connectivity index (χ2v) is 6.18. The normalized spacial score (nSPS) is 11.2. The number of aromatic nitrogens is 3. The summed E-state index contributed by atoms with van der Waals surface area (Å²) < 4.78 is 5.56. The van der Waals surface area contributed by atoms with Crippen molar-refractivity contribution in [3.05, 3.63) is 33.6 Å². The first-order chi connectivity index (χ1) is 10.1. The van der Waals surface area contributed by atoms with Crippen molar-refractivity contribution in [3.8, 4) is 0 Å². The predicted molar refractivity (Wildman–Crippen MR) is 85.1 cm³/mol. The Morgan fingerprint density at radius 3 is 2.76 bits per heavy atom. The summed E-state index contributed by atoms with van der Waals surface area (Å²) in [7, 11) is 0. The molecule has 0 aliphatic heterocycles. The summed E-state index contributed by atoms with van der Waals surface area (Å²) in [5.41, 5.74) is 0.904. The number of hydrogen-bond acceptors (Lipinski definition) is 6. The highest BCUT2D eigenvalue weighted by Gasteiger charge is 2.12. The summed E-state index contributed by atoms with van der Waals surface area (Å²) in [4.78, 5) is 15.0. The molecular weight excluding hydrogens is 308 g/mol. The maximum Gasteiger partial charge on any atom is 0.225 e. The molecule has 0 radical (unpaired) electrons. The number of aryl methyl sites for hydroxylation is 3. The van der Waals surface area contributed by atoms with Crippen molar-refractivity contribution in [2.24, 2.45) is 0 Å². The highest BCUT2D eigenvalue weighted by atomic mass is 35.5. The van der Waals surface area contributed by atoms with Crippen LogP contribution in [-0.4, -0.2) is 15.0 Å². The molecule has 110 valence electrons. The maximum atomic E-state index is 5.99. The molecule has 1 N–H and O–H groups in total. The number of nitrogens with one attached hydrogen (secondary N) is 1. The standard InChI is InChI=1S/C14H15ClN4OS/c1-4-9-5-10-12(18-14(15)19-13(10)21-9)16-6-11-17-7(2)8(3)20-11/h5H,4,6H2,1-3H3,(H,16,18,19). The number of fused-ring (bicyclic) bond motifs is 1. The van der Waals surface area contributed by atoms with Crippen LogP contribution in [0.2, 0.25) is 5.28 Å². The highest BCUT2D eigenvalue weighted by molar-refractivity contribution is 7.18. The number of halogens is 1. The SMILES string of the molecule is CCc1cc2c(NCc3nc(C)c(C)o3)nc(Cl)nc2s1. The van der Waals surface area contributed by atoms with E-state index in [4.69, 9.17) is 16.0 Å². The molecule has 7 heteroatoms. The first kappa shape index (κ1) is 14.3. The maximum absolute atomic E-state index is 5.99. The van der Waals surface area contributed by atoms with Gasteiger partial charge in [-0.2, -0.15) is 0 Å². The van der Waals surface area contributed by atoms with E-state index in [9.17, 15) is 0 Å². The van der Waals surface area contributed by atoms with Gasteiger partial charge in [0.25, 0.3) is 0 Å². The van der Waals surface area contributed by atoms with E-state index in [0.29, 0.717) is 12.4 Å². The molecule has 0 unspecified atom stereocenters. The number of oxazole rings is 1. The second-order valence-electron chi connectivity index (χ2n) is 4.73. The molecule has 3 aromatic rings. The van der Waals surface area contributed by atoms with Gasteiger partial charge in [-0.15, -0.1) is 11.3 Å². The third kappa shape index (κ3) is 2.87. The molecule has 0 aliphatic rings. The minimum Gasteiger partial charge on any atom is -0.444 e. The van der Waals surface area contributed by atoms with E-state index in [1.165, 1.54) is 4.88 Å². The Bertz CT molecular complexity index is 776. The average molecular weight is 323 g/mol. The molecule has 0 spiro atoms. The summed E-state index contributed by atoms with van der Waals surface area (Å²) in [6.07, 6.45) is 0.968. The van der Waals surface area contributed by atoms with Gasteiger partial charge in [-0.3, -0.25) is 0 Å². The molecule has 21 heavy (non-hydrogen) atoms. The van der Waals surface area contributed by atoms with Crippen LogP contribution in [0.5, 0.6) is 0 Å². The fourth-order valence-corrected chi connectivity index (χ4v) is 3.21. The summed E-state index contributed by atoms with van der Waals surface area (Å²) in [5.74, 6) is 2.19. The Hall–Kier alpha value is -1.66. The molecule has 0 aliphatic carbocycles. The number of anilines is 1. The minimum absolute atomic E-state index is 0.245. The molecule has 0 bridgehead atoms. The van der Waals surface area contributed by atoms with Crippen LogP contribution < -0.4 is 5.32 Å². The Kier molecular flexibility index (Phi) is 3.82. The molecular formula is C14H15ClN4OS. The van der Waals surface area contributed by atoms with Gasteiger partial charge in [0.05, 0.1) is 17.6 Å². The number of hydrogen-bond donors (Lipinski definition) is 1. The van der Waals surface area contributed by atoms with Gasteiger partial charge in [-0.1, -0.05) is 6.92 Å². The van der Waals surface area contributed by atoms with Crippen LogP contribution in [0, 0.1) is 13.8 Å². The molecule has 0 saturated heterocycles. The van der Waals surface area contributed by atoms with Crippen LogP contribution in [-0.2, 0) is 13.0 Å². The van der Waals surface area contributed by atoms with E-state index >= 15 is 0 Å². The quantitative estimate of drug-likeness (QED) is 0.732. The highest BCUT2D eigenvalue weighted by Crippen LogP contribution is 2.30. The molecule has 3 heterocycles. The van der Waals surface area contributed by atoms with Gasteiger partial charge >= 0.3 is 0 Å². The Balaban J connectivity index is 1.90. The molecule has 3 rings (SSSR count). The molecule has 5 nitrogen and oxygen atoms in total. The predicted octanol–water partition coefficient (Wildman–Crippen LogP) is 4.12. The van der Waals surface area contributed by atoms with Crippen LogP contribution in [0.1, 0.15) is 29.1 Å². The van der Waals surface area contributed by atoms with Gasteiger partial charge < -0.3 is 9.73 Å². The Morgan fingerprint density at radius 2 is 2.10 bits per heavy atom. The van der Waals surface area contributed by atoms with Crippen LogP contribution >= 0.6 is 22.9 Å². The van der Waals surface area contributed by atoms with Gasteiger partial charge in [-0.05, 0) is 37.9 Å². The van der Waals surface area contributed by atoms with Crippen molar-refractivity contribution in [3.63, 3.8) is 0 Å². The largest absolute Gasteiger partial charge is 0.444 e. The van der Waals surface area contributed by atoms with E-state index < -0.39 is 0 Å². The van der Waals surface area contributed by atoms with Gasteiger partial charge in [-0.25, -0.2) is 15.0 Å². The van der Waals surface area contributed by atoms with Crippen molar-refractivity contribution >= 4 is 39.0 Å². The summed E-state index contributed by atoms with van der Waals surface area (Å²) in [6, 6.07) is 2.10. The van der Waals surface area contributed by atoms with Crippen LogP contribution in [0.3, 0.4) is 0 Å². The van der Waals surface area contributed by atoms with Crippen molar-refractivity contribution in [2.75, 3.05) is 5.32 Å². The lowest BCUT2D eigenvalue weighted by Crippen LogP contribution is -2.02. The second kappa shape index (κ2) is 5.61. The van der Waals surface area contributed by atoms with Crippen LogP contribution in [0.15, 0.2) is 10.5 Å². The molecule has 0 saturated carbocycles. The minimum atomic E-state index is 0.245. The fourth-order valence-electron chi connectivity index (χ4n) is 2.03. The average Bonchev–Trinajstić information content (AvgIpc) is 2.99. The molecule has 0 atom stereocenters. The summed E-state index contributed by atoms with van der Waals surface area (Å²) in [5, 5.41) is 4.47. The molecule has 0 fully saturated rings. The zero-order chi connectivity index (χ0) is 15.0. The van der Waals surface area contributed by atoms with Gasteiger partial charge in [0.2, 0.25) is 11.2 Å². The van der Waals surface area contributed by atoms with Gasteiger partial charge in [0.1, 0.15) is 16.4 Å². The van der Waals surface area contributed by atoms with Crippen molar-refractivity contribution < 1.29 is 4.42 Å². The van der Waals surface area contributed by atoms with Crippen molar-refractivity contribution in [1.29, 1.82) is 0 Å². The van der Waals surface area contributed by atoms with E-state index in [1.807, 2.05) is 13.8 Å². The van der Waals surface area contributed by atoms with Gasteiger partial charge in [0, 0.05) is 4.88 Å². The lowest BCUT2D eigenvalue weighted by Gasteiger charge is -2.04. The monoisotopic (exact) mass is 322 g/mol. The van der Waals surface area contributed by atoms with E-state index in [1.54, 1.807) is 11.3 Å². The smallest absolute Gasteiger partial charge is 0.225 e. The lowest BCUT2D eigenvalue weighted by molar-refractivity contribution is 0.478. The van der Waals surface area contributed by atoms with E-state index in [2.05, 4.69) is 33.3 Å². The summed E-state index contributed by atoms with van der Waals surface area (Å²) >= 11 is 7.63. The van der Waals surface area contributed by atoms with Crippen LogP contribution in [0.25, 0.3) is 10.2 Å². The number of nitrogens with zero attached hydrogens (tertiary/aromatic N) is 3. The van der Waals surface area contributed by atoms with Crippen LogP contribution in [0.4, 0.5) is 5.82 Å². The van der Waals surface area contributed by atoms with E-state index in [-0.39, 0.29) is 5.28 Å². The topological polar surface area (TPSA) is 63.8 Å². The molecule has 0 amide bonds. The Labute approximate surface area is 131 Å². The first-order valence-corrected chi connectivity index (χ1v) is 7.89. The Morgan fingerprint density at radius 1 is 1.29 bits per heavy atom. The van der Waals surface area contributed by atoms with E-state index in [0.717, 1.165) is 33.9 Å². The first-order valence-electron chi connectivity index (χ1n) is 6.69. The number of thiophene rings is 1. The van der Waals surface area contributed by atoms with Gasteiger partial charge in [0.15, 0.2) is 0 Å². The molecule has 0 aromatic carbocycles. The third-order valence-electron chi connectivity index (χ3n) is 3.24. The zero-order valence-electron chi connectivity index (χ0n) is 12.0. The van der Waals surface area contributed by atoms with Crippen molar-refractivity contribution in [1.82, 2.24) is 15.0 Å².